The topological polar surface area (TPSA) is 81.4 Å². The molecule has 0 rings (SSSR count). The van der Waals surface area contributed by atoms with Gasteiger partial charge >= 0.3 is 5.97 Å². The first-order chi connectivity index (χ1) is 7.82. The van der Waals surface area contributed by atoms with E-state index in [-0.39, 0.29) is 23.8 Å². The second-order valence-electron chi connectivity index (χ2n) is 4.48. The molecule has 0 aromatic carbocycles. The minimum absolute atomic E-state index is 0.251. The average molecular weight is 242 g/mol. The zero-order valence-electron chi connectivity index (χ0n) is 11.0. The van der Waals surface area contributed by atoms with Gasteiger partial charge in [-0.05, 0) is 20.3 Å². The number of primary amides is 1. The van der Waals surface area contributed by atoms with Crippen LogP contribution in [-0.2, 0) is 14.3 Å². The fraction of sp³-hybridized carbons (Fsp3) is 0.667. The third kappa shape index (κ3) is 6.73. The van der Waals surface area contributed by atoms with E-state index in [1.807, 2.05) is 20.8 Å². The van der Waals surface area contributed by atoms with E-state index in [2.05, 4.69) is 10.1 Å². The Morgan fingerprint density at radius 3 is 2.41 bits per heavy atom. The highest BCUT2D eigenvalue weighted by atomic mass is 16.5. The van der Waals surface area contributed by atoms with Gasteiger partial charge < -0.3 is 15.8 Å². The molecule has 1 amide bonds. The number of rotatable bonds is 7. The molecule has 0 spiro atoms. The van der Waals surface area contributed by atoms with Gasteiger partial charge in [0.15, 0.2) is 0 Å². The molecule has 0 bridgehead atoms. The maximum Gasteiger partial charge on any atom is 0.333 e. The Bertz CT molecular complexity index is 309. The van der Waals surface area contributed by atoms with Crippen LogP contribution in [0.2, 0.25) is 0 Å². The summed E-state index contributed by atoms with van der Waals surface area (Å²) in [5, 5.41) is 3.15. The van der Waals surface area contributed by atoms with E-state index in [1.54, 1.807) is 6.08 Å². The van der Waals surface area contributed by atoms with Crippen LogP contribution >= 0.6 is 0 Å². The van der Waals surface area contributed by atoms with Crippen LogP contribution in [0.5, 0.6) is 0 Å². The standard InChI is InChI=1S/C12H22N2O3/c1-5-9(11(16)17-4)6-7-14-12(2,3)8-10(13)15/h6,14H,5,7-8H2,1-4H3,(H2,13,15). The number of methoxy groups -OCH3 is 1. The van der Waals surface area contributed by atoms with Crippen molar-refractivity contribution in [1.29, 1.82) is 0 Å². The number of esters is 1. The van der Waals surface area contributed by atoms with Crippen molar-refractivity contribution in [1.82, 2.24) is 5.32 Å². The normalized spacial score (nSPS) is 12.4. The SMILES string of the molecule is CCC(=CCNC(C)(C)CC(N)=O)C(=O)OC. The van der Waals surface area contributed by atoms with Gasteiger partial charge in [-0.25, -0.2) is 4.79 Å². The molecular weight excluding hydrogens is 220 g/mol. The van der Waals surface area contributed by atoms with E-state index >= 15 is 0 Å². The van der Waals surface area contributed by atoms with Crippen molar-refractivity contribution < 1.29 is 14.3 Å². The molecular formula is C12H22N2O3. The van der Waals surface area contributed by atoms with E-state index < -0.39 is 0 Å². The molecule has 0 saturated heterocycles. The van der Waals surface area contributed by atoms with Crippen LogP contribution in [0.1, 0.15) is 33.6 Å². The quantitative estimate of drug-likeness (QED) is 0.509. The molecule has 0 saturated carbocycles. The summed E-state index contributed by atoms with van der Waals surface area (Å²) in [7, 11) is 1.36. The van der Waals surface area contributed by atoms with Crippen molar-refractivity contribution in [2.45, 2.75) is 39.2 Å². The molecule has 0 unspecified atom stereocenters. The summed E-state index contributed by atoms with van der Waals surface area (Å²) in [5.74, 6) is -0.669. The monoisotopic (exact) mass is 242 g/mol. The molecule has 3 N–H and O–H groups in total. The number of carbonyl (C=O) groups excluding carboxylic acids is 2. The summed E-state index contributed by atoms with van der Waals surface area (Å²) in [4.78, 5) is 22.1. The van der Waals surface area contributed by atoms with E-state index in [0.29, 0.717) is 18.5 Å². The highest BCUT2D eigenvalue weighted by Gasteiger charge is 2.19. The third-order valence-electron chi connectivity index (χ3n) is 2.37. The Balaban J connectivity index is 4.32. The van der Waals surface area contributed by atoms with Crippen molar-refractivity contribution in [3.05, 3.63) is 11.6 Å². The van der Waals surface area contributed by atoms with E-state index in [0.717, 1.165) is 0 Å². The molecule has 0 aliphatic rings. The Morgan fingerprint density at radius 1 is 1.41 bits per heavy atom. The van der Waals surface area contributed by atoms with Crippen LogP contribution in [0, 0.1) is 0 Å². The third-order valence-corrected chi connectivity index (χ3v) is 2.37. The van der Waals surface area contributed by atoms with Crippen LogP contribution in [-0.4, -0.2) is 31.1 Å². The largest absolute Gasteiger partial charge is 0.466 e. The molecule has 98 valence electrons. The van der Waals surface area contributed by atoms with Gasteiger partial charge in [-0.15, -0.1) is 0 Å². The highest BCUT2D eigenvalue weighted by molar-refractivity contribution is 5.88. The zero-order valence-corrected chi connectivity index (χ0v) is 11.0. The number of amides is 1. The Labute approximate surface area is 102 Å². The lowest BCUT2D eigenvalue weighted by Crippen LogP contribution is -2.42. The molecule has 0 radical (unpaired) electrons. The maximum atomic E-state index is 11.3. The van der Waals surface area contributed by atoms with Gasteiger partial charge in [-0.2, -0.15) is 0 Å². The fourth-order valence-corrected chi connectivity index (χ4v) is 1.45. The van der Waals surface area contributed by atoms with E-state index in [9.17, 15) is 9.59 Å². The zero-order chi connectivity index (χ0) is 13.5. The van der Waals surface area contributed by atoms with Gasteiger partial charge in [0.25, 0.3) is 0 Å². The average Bonchev–Trinajstić information content (AvgIpc) is 2.21. The molecule has 0 fully saturated rings. The molecule has 5 heteroatoms. The van der Waals surface area contributed by atoms with Crippen LogP contribution in [0.4, 0.5) is 0 Å². The lowest BCUT2D eigenvalue weighted by atomic mass is 10.0. The molecule has 17 heavy (non-hydrogen) atoms. The minimum Gasteiger partial charge on any atom is -0.466 e. The van der Waals surface area contributed by atoms with Crippen LogP contribution in [0.3, 0.4) is 0 Å². The van der Waals surface area contributed by atoms with E-state index in [4.69, 9.17) is 5.73 Å². The number of nitrogens with one attached hydrogen (secondary N) is 1. The molecule has 0 aromatic rings. The second-order valence-corrected chi connectivity index (χ2v) is 4.48. The number of hydrogen-bond donors (Lipinski definition) is 2. The van der Waals surface area contributed by atoms with Gasteiger partial charge in [0.2, 0.25) is 5.91 Å². The second kappa shape index (κ2) is 7.06. The number of nitrogens with two attached hydrogens (primary N) is 1. The number of ether oxygens (including phenoxy) is 1. The van der Waals surface area contributed by atoms with Gasteiger partial charge in [-0.3, -0.25) is 4.79 Å². The first-order valence-corrected chi connectivity index (χ1v) is 5.63. The Hall–Kier alpha value is -1.36. The number of carbonyl (C=O) groups is 2. The summed E-state index contributed by atoms with van der Waals surface area (Å²) in [6.45, 7) is 6.15. The van der Waals surface area contributed by atoms with Crippen molar-refractivity contribution >= 4 is 11.9 Å². The van der Waals surface area contributed by atoms with Gasteiger partial charge in [-0.1, -0.05) is 13.0 Å². The fourth-order valence-electron chi connectivity index (χ4n) is 1.45. The van der Waals surface area contributed by atoms with Crippen LogP contribution in [0.15, 0.2) is 11.6 Å². The predicted octanol–water partition coefficient (Wildman–Crippen LogP) is 0.739. The summed E-state index contributed by atoms with van der Waals surface area (Å²) >= 11 is 0. The van der Waals surface area contributed by atoms with Gasteiger partial charge in [0.1, 0.15) is 0 Å². The summed E-state index contributed by atoms with van der Waals surface area (Å²) in [5.41, 5.74) is 5.38. The molecule has 5 nitrogen and oxygen atoms in total. The number of hydrogen-bond acceptors (Lipinski definition) is 4. The van der Waals surface area contributed by atoms with Crippen molar-refractivity contribution in [3.63, 3.8) is 0 Å². The maximum absolute atomic E-state index is 11.3. The smallest absolute Gasteiger partial charge is 0.333 e. The molecule has 0 heterocycles. The Morgan fingerprint density at radius 2 is 2.00 bits per heavy atom. The minimum atomic E-state index is -0.378. The molecule has 0 aliphatic heterocycles. The van der Waals surface area contributed by atoms with Gasteiger partial charge in [0.05, 0.1) is 7.11 Å². The lowest BCUT2D eigenvalue weighted by molar-refractivity contribution is -0.136. The highest BCUT2D eigenvalue weighted by Crippen LogP contribution is 2.08. The van der Waals surface area contributed by atoms with Crippen LogP contribution < -0.4 is 11.1 Å². The van der Waals surface area contributed by atoms with Gasteiger partial charge in [0, 0.05) is 24.1 Å². The Kier molecular flexibility index (Phi) is 6.50. The lowest BCUT2D eigenvalue weighted by Gasteiger charge is -2.24. The summed E-state index contributed by atoms with van der Waals surface area (Å²) in [6, 6.07) is 0. The first-order valence-electron chi connectivity index (χ1n) is 5.63. The van der Waals surface area contributed by atoms with E-state index in [1.165, 1.54) is 7.11 Å². The summed E-state index contributed by atoms with van der Waals surface area (Å²) in [6.07, 6.45) is 2.64. The molecule has 0 aromatic heterocycles. The molecule has 0 aliphatic carbocycles. The van der Waals surface area contributed by atoms with Crippen molar-refractivity contribution in [2.75, 3.05) is 13.7 Å². The molecule has 0 atom stereocenters. The van der Waals surface area contributed by atoms with Crippen molar-refractivity contribution in [2.24, 2.45) is 5.73 Å². The first kappa shape index (κ1) is 15.6. The predicted molar refractivity (Wildman–Crippen MR) is 66.3 cm³/mol. The van der Waals surface area contributed by atoms with Crippen LogP contribution in [0.25, 0.3) is 0 Å². The summed E-state index contributed by atoms with van der Waals surface area (Å²) < 4.78 is 4.64. The van der Waals surface area contributed by atoms with Crippen molar-refractivity contribution in [3.8, 4) is 0 Å².